The normalized spacial score (nSPS) is 18.1. The average Bonchev–Trinajstić information content (AvgIpc) is 2.23. The van der Waals surface area contributed by atoms with E-state index in [0.29, 0.717) is 5.88 Å². The zero-order valence-corrected chi connectivity index (χ0v) is 8.08. The Labute approximate surface area is 83.1 Å². The second-order valence-corrected chi connectivity index (χ2v) is 3.69. The van der Waals surface area contributed by atoms with Gasteiger partial charge >= 0.3 is 0 Å². The first kappa shape index (κ1) is 9.44. The van der Waals surface area contributed by atoms with Crippen molar-refractivity contribution in [3.05, 3.63) is 24.1 Å². The summed E-state index contributed by atoms with van der Waals surface area (Å²) in [6, 6.07) is 2.97. The van der Waals surface area contributed by atoms with E-state index in [2.05, 4.69) is 4.98 Å². The second-order valence-electron chi connectivity index (χ2n) is 3.69. The summed E-state index contributed by atoms with van der Waals surface area (Å²) >= 11 is 0. The van der Waals surface area contributed by atoms with E-state index in [9.17, 15) is 4.39 Å². The lowest BCUT2D eigenvalue weighted by Gasteiger charge is -2.22. The van der Waals surface area contributed by atoms with Crippen molar-refractivity contribution in [2.75, 3.05) is 0 Å². The molecular formula is C11H14FNO. The van der Waals surface area contributed by atoms with E-state index >= 15 is 0 Å². The smallest absolute Gasteiger partial charge is 0.213 e. The number of nitrogens with zero attached hydrogens (tertiary/aromatic N) is 1. The van der Waals surface area contributed by atoms with Gasteiger partial charge in [0, 0.05) is 6.07 Å². The summed E-state index contributed by atoms with van der Waals surface area (Å²) in [7, 11) is 0. The number of ether oxygens (including phenoxy) is 1. The summed E-state index contributed by atoms with van der Waals surface area (Å²) in [6.07, 6.45) is 7.42. The summed E-state index contributed by atoms with van der Waals surface area (Å²) in [6.45, 7) is 0. The van der Waals surface area contributed by atoms with Crippen molar-refractivity contribution >= 4 is 0 Å². The van der Waals surface area contributed by atoms with E-state index in [-0.39, 0.29) is 11.9 Å². The van der Waals surface area contributed by atoms with Crippen LogP contribution in [0, 0.1) is 5.82 Å². The third-order valence-corrected chi connectivity index (χ3v) is 2.54. The standard InChI is InChI=1S/C11H14FNO/c12-9-6-7-11(13-8-9)14-10-4-2-1-3-5-10/h6-8,10H,1-5H2. The van der Waals surface area contributed by atoms with Gasteiger partial charge in [-0.3, -0.25) is 0 Å². The number of aromatic nitrogens is 1. The van der Waals surface area contributed by atoms with Crippen molar-refractivity contribution in [1.82, 2.24) is 4.98 Å². The van der Waals surface area contributed by atoms with Gasteiger partial charge in [0.25, 0.3) is 0 Å². The van der Waals surface area contributed by atoms with Gasteiger partial charge in [-0.1, -0.05) is 6.42 Å². The topological polar surface area (TPSA) is 22.1 Å². The van der Waals surface area contributed by atoms with Crippen LogP contribution in [-0.4, -0.2) is 11.1 Å². The fourth-order valence-corrected chi connectivity index (χ4v) is 1.79. The molecule has 2 rings (SSSR count). The van der Waals surface area contributed by atoms with Crippen molar-refractivity contribution in [2.24, 2.45) is 0 Å². The van der Waals surface area contributed by atoms with E-state index < -0.39 is 0 Å². The summed E-state index contributed by atoms with van der Waals surface area (Å²) in [5, 5.41) is 0. The van der Waals surface area contributed by atoms with Crippen LogP contribution in [0.3, 0.4) is 0 Å². The van der Waals surface area contributed by atoms with Gasteiger partial charge in [0.1, 0.15) is 11.9 Å². The molecule has 0 aromatic carbocycles. The van der Waals surface area contributed by atoms with Crippen molar-refractivity contribution in [2.45, 2.75) is 38.2 Å². The number of pyridine rings is 1. The van der Waals surface area contributed by atoms with Crippen LogP contribution in [-0.2, 0) is 0 Å². The van der Waals surface area contributed by atoms with E-state index in [0.717, 1.165) is 12.8 Å². The van der Waals surface area contributed by atoms with Crippen LogP contribution in [0.5, 0.6) is 5.88 Å². The summed E-state index contributed by atoms with van der Waals surface area (Å²) in [5.74, 6) is 0.222. The summed E-state index contributed by atoms with van der Waals surface area (Å²) in [4.78, 5) is 3.88. The van der Waals surface area contributed by atoms with Crippen LogP contribution in [0.4, 0.5) is 4.39 Å². The van der Waals surface area contributed by atoms with Crippen LogP contribution in [0.15, 0.2) is 18.3 Å². The summed E-state index contributed by atoms with van der Waals surface area (Å²) in [5.41, 5.74) is 0. The Morgan fingerprint density at radius 2 is 2.00 bits per heavy atom. The maximum Gasteiger partial charge on any atom is 0.213 e. The number of rotatable bonds is 2. The Morgan fingerprint density at radius 3 is 2.64 bits per heavy atom. The Balaban J connectivity index is 1.92. The molecule has 1 aromatic rings. The van der Waals surface area contributed by atoms with E-state index in [1.807, 2.05) is 0 Å². The highest BCUT2D eigenvalue weighted by atomic mass is 19.1. The Kier molecular flexibility index (Phi) is 2.96. The van der Waals surface area contributed by atoms with Gasteiger partial charge in [-0.25, -0.2) is 9.37 Å². The van der Waals surface area contributed by atoms with Gasteiger partial charge in [0.15, 0.2) is 0 Å². The molecule has 0 N–H and O–H groups in total. The van der Waals surface area contributed by atoms with Gasteiger partial charge in [-0.05, 0) is 31.7 Å². The second kappa shape index (κ2) is 4.40. The lowest BCUT2D eigenvalue weighted by atomic mass is 9.98. The maximum absolute atomic E-state index is 12.5. The number of hydrogen-bond donors (Lipinski definition) is 0. The molecule has 1 saturated carbocycles. The third kappa shape index (κ3) is 2.44. The van der Waals surface area contributed by atoms with Gasteiger partial charge in [0.05, 0.1) is 6.20 Å². The zero-order chi connectivity index (χ0) is 9.80. The Hall–Kier alpha value is -1.12. The monoisotopic (exact) mass is 195 g/mol. The van der Waals surface area contributed by atoms with Crippen LogP contribution >= 0.6 is 0 Å². The van der Waals surface area contributed by atoms with E-state index in [4.69, 9.17) is 4.74 Å². The average molecular weight is 195 g/mol. The predicted molar refractivity (Wildman–Crippen MR) is 51.7 cm³/mol. The molecule has 0 aliphatic heterocycles. The molecule has 0 saturated heterocycles. The third-order valence-electron chi connectivity index (χ3n) is 2.54. The highest BCUT2D eigenvalue weighted by Gasteiger charge is 2.14. The van der Waals surface area contributed by atoms with Crippen LogP contribution in [0.2, 0.25) is 0 Å². The summed E-state index contributed by atoms with van der Waals surface area (Å²) < 4.78 is 18.2. The lowest BCUT2D eigenvalue weighted by molar-refractivity contribution is 0.148. The first-order chi connectivity index (χ1) is 6.84. The van der Waals surface area contributed by atoms with Crippen molar-refractivity contribution < 1.29 is 9.13 Å². The van der Waals surface area contributed by atoms with E-state index in [1.165, 1.54) is 31.5 Å². The molecule has 0 amide bonds. The Morgan fingerprint density at radius 1 is 1.21 bits per heavy atom. The fraction of sp³-hybridized carbons (Fsp3) is 0.545. The van der Waals surface area contributed by atoms with Gasteiger partial charge in [-0.2, -0.15) is 0 Å². The molecule has 0 spiro atoms. The molecule has 0 unspecified atom stereocenters. The SMILES string of the molecule is Fc1ccc(OC2CCCCC2)nc1. The van der Waals surface area contributed by atoms with Gasteiger partial charge < -0.3 is 4.74 Å². The van der Waals surface area contributed by atoms with E-state index in [1.54, 1.807) is 6.07 Å². The highest BCUT2D eigenvalue weighted by Crippen LogP contribution is 2.21. The zero-order valence-electron chi connectivity index (χ0n) is 8.08. The molecular weight excluding hydrogens is 181 g/mol. The minimum atomic E-state index is -0.319. The van der Waals surface area contributed by atoms with Crippen LogP contribution in [0.25, 0.3) is 0 Å². The minimum absolute atomic E-state index is 0.279. The molecule has 3 heteroatoms. The number of hydrogen-bond acceptors (Lipinski definition) is 2. The first-order valence-electron chi connectivity index (χ1n) is 5.13. The van der Waals surface area contributed by atoms with Crippen molar-refractivity contribution in [3.8, 4) is 5.88 Å². The van der Waals surface area contributed by atoms with Crippen molar-refractivity contribution in [3.63, 3.8) is 0 Å². The van der Waals surface area contributed by atoms with Crippen molar-refractivity contribution in [1.29, 1.82) is 0 Å². The maximum atomic E-state index is 12.5. The fourth-order valence-electron chi connectivity index (χ4n) is 1.79. The molecule has 2 nitrogen and oxygen atoms in total. The van der Waals surface area contributed by atoms with Crippen LogP contribution in [0.1, 0.15) is 32.1 Å². The minimum Gasteiger partial charge on any atom is -0.474 e. The first-order valence-corrected chi connectivity index (χ1v) is 5.13. The molecule has 1 heterocycles. The molecule has 1 aliphatic carbocycles. The molecule has 0 atom stereocenters. The molecule has 1 aromatic heterocycles. The molecule has 1 aliphatic rings. The highest BCUT2D eigenvalue weighted by molar-refractivity contribution is 5.11. The molecule has 1 fully saturated rings. The largest absolute Gasteiger partial charge is 0.474 e. The molecule has 0 bridgehead atoms. The molecule has 0 radical (unpaired) electrons. The van der Waals surface area contributed by atoms with Gasteiger partial charge in [-0.15, -0.1) is 0 Å². The number of halogens is 1. The quantitative estimate of drug-likeness (QED) is 0.723. The van der Waals surface area contributed by atoms with Crippen LogP contribution < -0.4 is 4.74 Å². The predicted octanol–water partition coefficient (Wildman–Crippen LogP) is 2.93. The van der Waals surface area contributed by atoms with Gasteiger partial charge in [0.2, 0.25) is 5.88 Å². The lowest BCUT2D eigenvalue weighted by Crippen LogP contribution is -2.20. The molecule has 14 heavy (non-hydrogen) atoms. The Bertz CT molecular complexity index is 280. The molecule has 76 valence electrons.